The molecule has 0 spiro atoms. The Morgan fingerprint density at radius 2 is 2.62 bits per heavy atom. The summed E-state index contributed by atoms with van der Waals surface area (Å²) in [5.41, 5.74) is 0.664. The van der Waals surface area contributed by atoms with Crippen molar-refractivity contribution in [1.29, 1.82) is 0 Å². The summed E-state index contributed by atoms with van der Waals surface area (Å²) in [5, 5.41) is 7.42. The molecule has 1 aromatic heterocycles. The molecule has 1 atom stereocenters. The van der Waals surface area contributed by atoms with Crippen LogP contribution in [0.1, 0.15) is 16.9 Å². The summed E-state index contributed by atoms with van der Waals surface area (Å²) in [4.78, 5) is 12.1. The number of nitrogens with one attached hydrogen (secondary N) is 1. The molecule has 1 aromatic rings. The number of hydrogen-bond acceptors (Lipinski definition) is 4. The van der Waals surface area contributed by atoms with Gasteiger partial charge in [-0.25, -0.2) is 0 Å². The van der Waals surface area contributed by atoms with Crippen molar-refractivity contribution in [3.8, 4) is 0 Å². The zero-order valence-electron chi connectivity index (χ0n) is 9.07. The van der Waals surface area contributed by atoms with Crippen molar-refractivity contribution in [2.45, 2.75) is 12.5 Å². The van der Waals surface area contributed by atoms with E-state index in [1.54, 1.807) is 17.9 Å². The van der Waals surface area contributed by atoms with Gasteiger partial charge in [-0.2, -0.15) is 16.9 Å². The number of Topliss-reactive ketones (excluding diaryl/α,β-unsaturated/α-hetero) is 1. The Labute approximate surface area is 107 Å². The van der Waals surface area contributed by atoms with Crippen LogP contribution in [-0.2, 0) is 7.05 Å². The van der Waals surface area contributed by atoms with E-state index in [2.05, 4.69) is 26.3 Å². The third-order valence-electron chi connectivity index (χ3n) is 2.59. The molecule has 0 saturated carbocycles. The maximum atomic E-state index is 12.1. The number of halogens is 1. The Bertz CT molecular complexity index is 368. The fraction of sp³-hybridized carbons (Fsp3) is 0.600. The maximum Gasteiger partial charge on any atom is 0.183 e. The topological polar surface area (TPSA) is 46.9 Å². The van der Waals surface area contributed by atoms with Crippen molar-refractivity contribution in [3.63, 3.8) is 0 Å². The molecular weight excluding hydrogens is 290 g/mol. The molecule has 0 radical (unpaired) electrons. The highest BCUT2D eigenvalue weighted by Gasteiger charge is 2.21. The van der Waals surface area contributed by atoms with Crippen LogP contribution < -0.4 is 5.32 Å². The molecule has 1 fully saturated rings. The highest BCUT2D eigenvalue weighted by Crippen LogP contribution is 2.19. The average molecular weight is 304 g/mol. The normalized spacial score (nSPS) is 21.0. The molecule has 1 unspecified atom stereocenters. The van der Waals surface area contributed by atoms with Crippen molar-refractivity contribution in [3.05, 3.63) is 16.4 Å². The number of aromatic nitrogens is 2. The monoisotopic (exact) mass is 303 g/mol. The van der Waals surface area contributed by atoms with Gasteiger partial charge < -0.3 is 5.32 Å². The summed E-state index contributed by atoms with van der Waals surface area (Å²) in [6.45, 7) is 0.995. The highest BCUT2D eigenvalue weighted by molar-refractivity contribution is 9.10. The lowest BCUT2D eigenvalue weighted by atomic mass is 10.1. The Morgan fingerprint density at radius 1 is 1.81 bits per heavy atom. The first-order chi connectivity index (χ1) is 7.68. The summed E-state index contributed by atoms with van der Waals surface area (Å²) in [6, 6.07) is 0.299. The molecule has 0 bridgehead atoms. The minimum atomic E-state index is 0.145. The Kier molecular flexibility index (Phi) is 4.05. The van der Waals surface area contributed by atoms with E-state index in [1.807, 2.05) is 11.8 Å². The standard InChI is InChI=1S/C10H14BrN3OS/c1-14-10(8(11)5-13-14)9(15)4-7-6-16-3-2-12-7/h5,7,12H,2-4,6H2,1H3. The van der Waals surface area contributed by atoms with Gasteiger partial charge in [-0.05, 0) is 15.9 Å². The van der Waals surface area contributed by atoms with Gasteiger partial charge in [-0.15, -0.1) is 0 Å². The van der Waals surface area contributed by atoms with Crippen LogP contribution >= 0.6 is 27.7 Å². The lowest BCUT2D eigenvalue weighted by Gasteiger charge is -2.22. The molecule has 0 amide bonds. The lowest BCUT2D eigenvalue weighted by molar-refractivity contribution is 0.0962. The summed E-state index contributed by atoms with van der Waals surface area (Å²) in [7, 11) is 1.79. The molecule has 6 heteroatoms. The summed E-state index contributed by atoms with van der Waals surface area (Å²) < 4.78 is 2.41. The third-order valence-corrected chi connectivity index (χ3v) is 4.30. The molecule has 16 heavy (non-hydrogen) atoms. The second-order valence-corrected chi connectivity index (χ2v) is 5.82. The zero-order chi connectivity index (χ0) is 11.5. The van der Waals surface area contributed by atoms with Crippen molar-refractivity contribution < 1.29 is 4.79 Å². The minimum absolute atomic E-state index is 0.145. The summed E-state index contributed by atoms with van der Waals surface area (Å²) in [6.07, 6.45) is 2.21. The highest BCUT2D eigenvalue weighted by atomic mass is 79.9. The first kappa shape index (κ1) is 12.1. The number of thioether (sulfide) groups is 1. The van der Waals surface area contributed by atoms with Crippen LogP contribution in [0.5, 0.6) is 0 Å². The number of ketones is 1. The van der Waals surface area contributed by atoms with E-state index in [-0.39, 0.29) is 5.78 Å². The van der Waals surface area contributed by atoms with E-state index in [0.29, 0.717) is 18.2 Å². The molecule has 1 aliphatic heterocycles. The molecule has 0 aliphatic carbocycles. The van der Waals surface area contributed by atoms with Crippen LogP contribution in [0.25, 0.3) is 0 Å². The third kappa shape index (κ3) is 2.67. The van der Waals surface area contributed by atoms with Gasteiger partial charge in [0.25, 0.3) is 0 Å². The quantitative estimate of drug-likeness (QED) is 0.859. The molecule has 1 aliphatic rings. The van der Waals surface area contributed by atoms with E-state index < -0.39 is 0 Å². The van der Waals surface area contributed by atoms with E-state index in [1.165, 1.54) is 0 Å². The average Bonchev–Trinajstić information content (AvgIpc) is 2.60. The van der Waals surface area contributed by atoms with Crippen molar-refractivity contribution >= 4 is 33.5 Å². The van der Waals surface area contributed by atoms with Crippen LogP contribution in [0, 0.1) is 0 Å². The largest absolute Gasteiger partial charge is 0.312 e. The fourth-order valence-corrected chi connectivity index (χ4v) is 3.31. The molecule has 2 heterocycles. The van der Waals surface area contributed by atoms with E-state index in [9.17, 15) is 4.79 Å². The van der Waals surface area contributed by atoms with Gasteiger partial charge in [0.2, 0.25) is 0 Å². The van der Waals surface area contributed by atoms with Gasteiger partial charge in [0.15, 0.2) is 5.78 Å². The second-order valence-electron chi connectivity index (χ2n) is 3.82. The van der Waals surface area contributed by atoms with Crippen LogP contribution in [0.15, 0.2) is 10.7 Å². The molecular formula is C10H14BrN3OS. The molecule has 1 N–H and O–H groups in total. The molecule has 2 rings (SSSR count). The van der Waals surface area contributed by atoms with Crippen LogP contribution in [0.4, 0.5) is 0 Å². The molecule has 88 valence electrons. The van der Waals surface area contributed by atoms with Crippen molar-refractivity contribution in [2.24, 2.45) is 7.05 Å². The van der Waals surface area contributed by atoms with E-state index in [0.717, 1.165) is 22.5 Å². The predicted octanol–water partition coefficient (Wildman–Crippen LogP) is 1.46. The lowest BCUT2D eigenvalue weighted by Crippen LogP contribution is -2.39. The van der Waals surface area contributed by atoms with E-state index >= 15 is 0 Å². The number of rotatable bonds is 3. The molecule has 4 nitrogen and oxygen atoms in total. The molecule has 0 aromatic carbocycles. The summed E-state index contributed by atoms with van der Waals surface area (Å²) >= 11 is 5.25. The second kappa shape index (κ2) is 5.33. The van der Waals surface area contributed by atoms with Gasteiger partial charge in [-0.3, -0.25) is 9.48 Å². The van der Waals surface area contributed by atoms with Crippen LogP contribution in [-0.4, -0.2) is 39.7 Å². The van der Waals surface area contributed by atoms with Gasteiger partial charge in [0, 0.05) is 37.6 Å². The first-order valence-corrected chi connectivity index (χ1v) is 7.15. The number of aryl methyl sites for hydroxylation is 1. The van der Waals surface area contributed by atoms with Gasteiger partial charge in [-0.1, -0.05) is 0 Å². The predicted molar refractivity (Wildman–Crippen MR) is 69.0 cm³/mol. The summed E-state index contributed by atoms with van der Waals surface area (Å²) in [5.74, 6) is 2.30. The van der Waals surface area contributed by atoms with Gasteiger partial charge >= 0.3 is 0 Å². The Morgan fingerprint density at radius 3 is 3.19 bits per heavy atom. The van der Waals surface area contributed by atoms with Crippen molar-refractivity contribution in [1.82, 2.24) is 15.1 Å². The first-order valence-electron chi connectivity index (χ1n) is 5.20. The molecule has 1 saturated heterocycles. The SMILES string of the molecule is Cn1ncc(Br)c1C(=O)CC1CSCCN1. The van der Waals surface area contributed by atoms with Gasteiger partial charge in [0.1, 0.15) is 5.69 Å². The fourth-order valence-electron chi connectivity index (χ4n) is 1.80. The van der Waals surface area contributed by atoms with Gasteiger partial charge in [0.05, 0.1) is 10.7 Å². The van der Waals surface area contributed by atoms with E-state index in [4.69, 9.17) is 0 Å². The zero-order valence-corrected chi connectivity index (χ0v) is 11.5. The Balaban J connectivity index is 2.02. The van der Waals surface area contributed by atoms with Crippen LogP contribution in [0.2, 0.25) is 0 Å². The number of carbonyl (C=O) groups is 1. The minimum Gasteiger partial charge on any atom is -0.312 e. The smallest absolute Gasteiger partial charge is 0.183 e. The maximum absolute atomic E-state index is 12.1. The van der Waals surface area contributed by atoms with Crippen molar-refractivity contribution in [2.75, 3.05) is 18.1 Å². The number of carbonyl (C=O) groups excluding carboxylic acids is 1. The number of nitrogens with zero attached hydrogens (tertiary/aromatic N) is 2. The van der Waals surface area contributed by atoms with Crippen LogP contribution in [0.3, 0.4) is 0 Å². The Hall–Kier alpha value is -0.330. The number of hydrogen-bond donors (Lipinski definition) is 1.